The average Bonchev–Trinajstić information content (AvgIpc) is 3.09. The van der Waals surface area contributed by atoms with Crippen LogP contribution < -0.4 is 0 Å². The predicted octanol–water partition coefficient (Wildman–Crippen LogP) is 7.21. The molecule has 0 spiro atoms. The van der Waals surface area contributed by atoms with Crippen molar-refractivity contribution in [2.75, 3.05) is 6.61 Å². The van der Waals surface area contributed by atoms with Gasteiger partial charge in [0.1, 0.15) is 5.78 Å². The molecular weight excluding hydrogens is 392 g/mol. The number of Topliss-reactive ketones (excluding diaryl/α,β-unsaturated/α-hetero) is 1. The largest absolute Gasteiger partial charge is 0.395 e. The molecule has 1 N–H and O–H groups in total. The highest BCUT2D eigenvalue weighted by Gasteiger charge is 2.70. The maximum Gasteiger partial charge on any atom is 0.141 e. The number of hydrogen-bond acceptors (Lipinski definition) is 2. The zero-order valence-electron chi connectivity index (χ0n) is 21.7. The predicted molar refractivity (Wildman–Crippen MR) is 131 cm³/mol. The van der Waals surface area contributed by atoms with Gasteiger partial charge in [-0.05, 0) is 116 Å². The van der Waals surface area contributed by atoms with Crippen molar-refractivity contribution in [3.05, 3.63) is 12.2 Å². The summed E-state index contributed by atoms with van der Waals surface area (Å²) in [5.41, 5.74) is 2.29. The molecule has 0 radical (unpaired) electrons. The van der Waals surface area contributed by atoms with Crippen molar-refractivity contribution in [2.45, 2.75) is 106 Å². The van der Waals surface area contributed by atoms with Gasteiger partial charge in [0.25, 0.3) is 0 Å². The fraction of sp³-hybridized carbons (Fsp3) is 0.900. The molecule has 0 aliphatic heterocycles. The molecule has 5 rings (SSSR count). The minimum atomic E-state index is -0.534. The lowest BCUT2D eigenvalue weighted by molar-refractivity contribution is -0.236. The molecule has 0 saturated heterocycles. The van der Waals surface area contributed by atoms with Gasteiger partial charge in [0.15, 0.2) is 0 Å². The molecule has 0 aromatic carbocycles. The number of carbonyl (C=O) groups is 1. The third-order valence-corrected chi connectivity index (χ3v) is 13.4. The lowest BCUT2D eigenvalue weighted by Gasteiger charge is -2.72. The topological polar surface area (TPSA) is 37.3 Å². The van der Waals surface area contributed by atoms with Gasteiger partial charge in [-0.25, -0.2) is 0 Å². The van der Waals surface area contributed by atoms with Crippen molar-refractivity contribution in [3.8, 4) is 0 Å². The molecule has 10 atom stereocenters. The Morgan fingerprint density at radius 2 is 1.62 bits per heavy atom. The van der Waals surface area contributed by atoms with Crippen LogP contribution in [0.25, 0.3) is 0 Å². The molecule has 32 heavy (non-hydrogen) atoms. The van der Waals surface area contributed by atoms with Crippen LogP contribution in [0.3, 0.4) is 0 Å². The number of rotatable bonds is 2. The molecule has 5 unspecified atom stereocenters. The van der Waals surface area contributed by atoms with E-state index in [-0.39, 0.29) is 12.0 Å². The number of ketones is 1. The second kappa shape index (κ2) is 6.96. The van der Waals surface area contributed by atoms with E-state index in [4.69, 9.17) is 0 Å². The number of allylic oxidation sites excluding steroid dienone is 1. The van der Waals surface area contributed by atoms with E-state index in [1.54, 1.807) is 0 Å². The van der Waals surface area contributed by atoms with Gasteiger partial charge < -0.3 is 5.11 Å². The zero-order valence-corrected chi connectivity index (χ0v) is 21.7. The van der Waals surface area contributed by atoms with E-state index in [9.17, 15) is 9.90 Å². The Kier molecular flexibility index (Phi) is 5.03. The number of aliphatic hydroxyl groups excluding tert-OH is 1. The van der Waals surface area contributed by atoms with Gasteiger partial charge in [-0.2, -0.15) is 0 Å². The molecule has 180 valence electrons. The summed E-state index contributed by atoms with van der Waals surface area (Å²) in [7, 11) is 0. The number of carbonyl (C=O) groups excluding carboxylic acids is 1. The van der Waals surface area contributed by atoms with Crippen molar-refractivity contribution in [2.24, 2.45) is 56.7 Å². The van der Waals surface area contributed by atoms with Crippen LogP contribution in [0, 0.1) is 56.7 Å². The van der Waals surface area contributed by atoms with Crippen molar-refractivity contribution in [1.29, 1.82) is 0 Å². The van der Waals surface area contributed by atoms with Crippen LogP contribution >= 0.6 is 0 Å². The SMILES string of the molecule is C=C(C)C1CC[C@]2(C)CC[C@]3(C)C(CCC4[C@@]5(C)CCC(=O)[C@@](C)(CO)C5CC[C@]43C)C12. The van der Waals surface area contributed by atoms with Crippen LogP contribution in [0.5, 0.6) is 0 Å². The second-order valence-corrected chi connectivity index (χ2v) is 14.3. The van der Waals surface area contributed by atoms with Gasteiger partial charge in [0, 0.05) is 6.42 Å². The first-order valence-corrected chi connectivity index (χ1v) is 13.7. The fourth-order valence-electron chi connectivity index (χ4n) is 11.3. The second-order valence-electron chi connectivity index (χ2n) is 14.3. The Morgan fingerprint density at radius 1 is 0.906 bits per heavy atom. The Morgan fingerprint density at radius 3 is 2.28 bits per heavy atom. The third-order valence-electron chi connectivity index (χ3n) is 13.4. The first-order valence-electron chi connectivity index (χ1n) is 13.7. The van der Waals surface area contributed by atoms with Gasteiger partial charge in [0.2, 0.25) is 0 Å². The van der Waals surface area contributed by atoms with Gasteiger partial charge >= 0.3 is 0 Å². The summed E-state index contributed by atoms with van der Waals surface area (Å²) in [5, 5.41) is 10.4. The van der Waals surface area contributed by atoms with Crippen molar-refractivity contribution < 1.29 is 9.90 Å². The normalized spacial score (nSPS) is 57.2. The van der Waals surface area contributed by atoms with Crippen LogP contribution in [0.1, 0.15) is 106 Å². The summed E-state index contributed by atoms with van der Waals surface area (Å²) in [5.74, 6) is 3.64. The maximum atomic E-state index is 13.0. The summed E-state index contributed by atoms with van der Waals surface area (Å²) in [6.45, 7) is 19.3. The molecule has 5 saturated carbocycles. The summed E-state index contributed by atoms with van der Waals surface area (Å²) in [6, 6.07) is 0. The minimum Gasteiger partial charge on any atom is -0.395 e. The first kappa shape index (κ1) is 23.1. The lowest BCUT2D eigenvalue weighted by atomic mass is 9.32. The Labute approximate surface area is 197 Å². The number of fused-ring (bicyclic) bond motifs is 7. The number of aliphatic hydroxyl groups is 1. The van der Waals surface area contributed by atoms with Gasteiger partial charge in [-0.3, -0.25) is 4.79 Å². The summed E-state index contributed by atoms with van der Waals surface area (Å²) < 4.78 is 0. The smallest absolute Gasteiger partial charge is 0.141 e. The van der Waals surface area contributed by atoms with E-state index in [1.807, 2.05) is 0 Å². The standard InChI is InChI=1S/C30H48O2/c1-19(2)20-10-13-26(3)16-17-29(6)21(25(20)26)8-9-23-27(4)14-12-24(32)28(5,18-31)22(27)11-15-30(23,29)7/h20-23,25,31H,1,8-18H2,2-7H3/t20?,21?,22?,23?,25?,26-,27+,28+,29-,30-/m1/s1. The van der Waals surface area contributed by atoms with E-state index in [2.05, 4.69) is 48.1 Å². The van der Waals surface area contributed by atoms with Gasteiger partial charge in [-0.15, -0.1) is 0 Å². The van der Waals surface area contributed by atoms with Crippen LogP contribution in [0.15, 0.2) is 12.2 Å². The van der Waals surface area contributed by atoms with E-state index in [0.717, 1.165) is 24.7 Å². The lowest BCUT2D eigenvalue weighted by Crippen LogP contribution is -2.66. The summed E-state index contributed by atoms with van der Waals surface area (Å²) >= 11 is 0. The van der Waals surface area contributed by atoms with E-state index in [0.29, 0.717) is 46.2 Å². The van der Waals surface area contributed by atoms with E-state index < -0.39 is 5.41 Å². The molecule has 0 bridgehead atoms. The molecule has 2 nitrogen and oxygen atoms in total. The molecule has 5 aliphatic rings. The van der Waals surface area contributed by atoms with Gasteiger partial charge in [0.05, 0.1) is 12.0 Å². The number of hydrogen-bond donors (Lipinski definition) is 1. The molecular formula is C30H48O2. The van der Waals surface area contributed by atoms with E-state index in [1.165, 1.54) is 50.5 Å². The van der Waals surface area contributed by atoms with Crippen LogP contribution in [-0.2, 0) is 4.79 Å². The van der Waals surface area contributed by atoms with E-state index >= 15 is 0 Å². The minimum absolute atomic E-state index is 0.0239. The maximum absolute atomic E-state index is 13.0. The highest BCUT2D eigenvalue weighted by molar-refractivity contribution is 5.86. The molecule has 0 amide bonds. The molecule has 0 aromatic rings. The Balaban J connectivity index is 1.55. The highest BCUT2D eigenvalue weighted by Crippen LogP contribution is 2.77. The van der Waals surface area contributed by atoms with Crippen molar-refractivity contribution >= 4 is 5.78 Å². The van der Waals surface area contributed by atoms with Crippen molar-refractivity contribution in [1.82, 2.24) is 0 Å². The average molecular weight is 441 g/mol. The van der Waals surface area contributed by atoms with Gasteiger partial charge in [-0.1, -0.05) is 46.8 Å². The summed E-state index contributed by atoms with van der Waals surface area (Å²) in [4.78, 5) is 13.0. The monoisotopic (exact) mass is 440 g/mol. The Bertz CT molecular complexity index is 831. The quantitative estimate of drug-likeness (QED) is 0.461. The first-order chi connectivity index (χ1) is 14.9. The fourth-order valence-corrected chi connectivity index (χ4v) is 11.3. The van der Waals surface area contributed by atoms with Crippen LogP contribution in [0.2, 0.25) is 0 Å². The summed E-state index contributed by atoms with van der Waals surface area (Å²) in [6.07, 6.45) is 12.2. The Hall–Kier alpha value is -0.630. The zero-order chi connectivity index (χ0) is 23.3. The molecule has 0 aromatic heterocycles. The molecule has 5 fully saturated rings. The van der Waals surface area contributed by atoms with Crippen LogP contribution in [0.4, 0.5) is 0 Å². The highest BCUT2D eigenvalue weighted by atomic mass is 16.3. The van der Waals surface area contributed by atoms with Crippen molar-refractivity contribution in [3.63, 3.8) is 0 Å². The third kappa shape index (κ3) is 2.60. The molecule has 5 aliphatic carbocycles. The molecule has 0 heterocycles. The molecule has 2 heteroatoms. The van der Waals surface area contributed by atoms with Crippen LogP contribution in [-0.4, -0.2) is 17.5 Å².